The molecule has 1 unspecified atom stereocenters. The van der Waals surface area contributed by atoms with E-state index in [0.29, 0.717) is 30.2 Å². The first-order valence-electron chi connectivity index (χ1n) is 8.60. The number of hydrogen-bond donors (Lipinski definition) is 3. The van der Waals surface area contributed by atoms with Crippen molar-refractivity contribution in [1.82, 2.24) is 15.4 Å². The van der Waals surface area contributed by atoms with Crippen LogP contribution in [0.3, 0.4) is 0 Å². The minimum absolute atomic E-state index is 0.0985. The molecule has 0 aliphatic carbocycles. The molecule has 3 N–H and O–H groups in total. The van der Waals surface area contributed by atoms with E-state index in [-0.39, 0.29) is 17.3 Å². The number of hydrogen-bond acceptors (Lipinski definition) is 5. The molecule has 0 saturated carbocycles. The zero-order valence-electron chi connectivity index (χ0n) is 14.8. The zero-order valence-corrected chi connectivity index (χ0v) is 15.6. The highest BCUT2D eigenvalue weighted by Crippen LogP contribution is 2.22. The molecule has 1 aliphatic heterocycles. The van der Waals surface area contributed by atoms with Crippen molar-refractivity contribution in [2.45, 2.75) is 37.6 Å². The Balaban J connectivity index is 2.04. The number of carbonyl (C=O) groups excluding carboxylic acids is 1. The number of rotatable bonds is 9. The fourth-order valence-corrected chi connectivity index (χ4v) is 3.92. The second-order valence-electron chi connectivity index (χ2n) is 6.15. The van der Waals surface area contributed by atoms with Crippen LogP contribution in [-0.2, 0) is 21.4 Å². The van der Waals surface area contributed by atoms with Crippen molar-refractivity contribution < 1.29 is 17.9 Å². The molecule has 1 heterocycles. The lowest BCUT2D eigenvalue weighted by molar-refractivity contribution is -0.120. The highest BCUT2D eigenvalue weighted by Gasteiger charge is 2.19. The first-order chi connectivity index (χ1) is 12.0. The van der Waals surface area contributed by atoms with Crippen molar-refractivity contribution in [3.63, 3.8) is 0 Å². The lowest BCUT2D eigenvalue weighted by Gasteiger charge is -2.13. The Morgan fingerprint density at radius 2 is 2.20 bits per heavy atom. The first-order valence-corrected chi connectivity index (χ1v) is 10.1. The van der Waals surface area contributed by atoms with E-state index in [1.54, 1.807) is 19.1 Å². The normalized spacial score (nSPS) is 17.4. The molecule has 1 aliphatic rings. The Kier molecular flexibility index (Phi) is 7.22. The van der Waals surface area contributed by atoms with Gasteiger partial charge in [0.1, 0.15) is 5.75 Å². The highest BCUT2D eigenvalue weighted by atomic mass is 32.2. The molecule has 2 rings (SSSR count). The van der Waals surface area contributed by atoms with E-state index in [1.165, 1.54) is 13.2 Å². The maximum atomic E-state index is 12.5. The third-order valence-electron chi connectivity index (χ3n) is 4.37. The van der Waals surface area contributed by atoms with Crippen molar-refractivity contribution >= 4 is 15.9 Å². The molecule has 1 amide bonds. The zero-order chi connectivity index (χ0) is 18.3. The summed E-state index contributed by atoms with van der Waals surface area (Å²) in [6.07, 6.45) is 2.28. The molecule has 1 saturated heterocycles. The molecular formula is C17H27N3O4S. The summed E-state index contributed by atoms with van der Waals surface area (Å²) in [4.78, 5) is 11.6. The lowest BCUT2D eigenvalue weighted by Crippen LogP contribution is -2.27. The molecule has 0 radical (unpaired) electrons. The second kappa shape index (κ2) is 9.17. The largest absolute Gasteiger partial charge is 0.496 e. The summed E-state index contributed by atoms with van der Waals surface area (Å²) in [5, 5.41) is 6.02. The summed E-state index contributed by atoms with van der Waals surface area (Å²) in [6, 6.07) is 4.68. The molecule has 1 fully saturated rings. The van der Waals surface area contributed by atoms with Gasteiger partial charge in [0.25, 0.3) is 0 Å². The van der Waals surface area contributed by atoms with Gasteiger partial charge in [0.05, 0.1) is 12.0 Å². The summed E-state index contributed by atoms with van der Waals surface area (Å²) in [7, 11) is -2.07. The maximum Gasteiger partial charge on any atom is 0.240 e. The molecule has 1 aromatic rings. The summed E-state index contributed by atoms with van der Waals surface area (Å²) in [5.41, 5.74) is 0.632. The average molecular weight is 369 g/mol. The molecule has 0 spiro atoms. The number of amides is 1. The Morgan fingerprint density at radius 3 is 2.84 bits per heavy atom. The maximum absolute atomic E-state index is 12.5. The Morgan fingerprint density at radius 1 is 1.40 bits per heavy atom. The van der Waals surface area contributed by atoms with Crippen LogP contribution in [0.5, 0.6) is 5.75 Å². The van der Waals surface area contributed by atoms with Crippen molar-refractivity contribution in [1.29, 1.82) is 0 Å². The smallest absolute Gasteiger partial charge is 0.240 e. The van der Waals surface area contributed by atoms with E-state index < -0.39 is 10.0 Å². The first kappa shape index (κ1) is 19.7. The fourth-order valence-electron chi connectivity index (χ4n) is 2.82. The third-order valence-corrected chi connectivity index (χ3v) is 5.83. The van der Waals surface area contributed by atoms with Gasteiger partial charge in [0.15, 0.2) is 0 Å². The van der Waals surface area contributed by atoms with Gasteiger partial charge in [-0.1, -0.05) is 6.92 Å². The number of carbonyl (C=O) groups is 1. The minimum atomic E-state index is -3.58. The quantitative estimate of drug-likeness (QED) is 0.603. The van der Waals surface area contributed by atoms with Crippen molar-refractivity contribution in [2.75, 3.05) is 26.7 Å². The monoisotopic (exact) mass is 369 g/mol. The second-order valence-corrected chi connectivity index (χ2v) is 7.92. The van der Waals surface area contributed by atoms with Gasteiger partial charge in [-0.15, -0.1) is 0 Å². The summed E-state index contributed by atoms with van der Waals surface area (Å²) < 4.78 is 32.9. The Bertz CT molecular complexity index is 685. The van der Waals surface area contributed by atoms with Crippen LogP contribution < -0.4 is 20.1 Å². The lowest BCUT2D eigenvalue weighted by atomic mass is 10.1. The number of ether oxygens (including phenoxy) is 1. The molecule has 25 heavy (non-hydrogen) atoms. The predicted octanol–water partition coefficient (Wildman–Crippen LogP) is 0.999. The highest BCUT2D eigenvalue weighted by molar-refractivity contribution is 7.89. The molecule has 0 aromatic heterocycles. The summed E-state index contributed by atoms with van der Waals surface area (Å²) in [5.74, 6) is 0.976. The molecule has 140 valence electrons. The van der Waals surface area contributed by atoms with E-state index in [4.69, 9.17) is 4.74 Å². The van der Waals surface area contributed by atoms with Crippen LogP contribution in [0.1, 0.15) is 31.7 Å². The molecule has 1 aromatic carbocycles. The predicted molar refractivity (Wildman–Crippen MR) is 95.9 cm³/mol. The van der Waals surface area contributed by atoms with E-state index in [0.717, 1.165) is 25.9 Å². The van der Waals surface area contributed by atoms with Crippen molar-refractivity contribution in [2.24, 2.45) is 5.92 Å². The van der Waals surface area contributed by atoms with Gasteiger partial charge in [-0.05, 0) is 50.0 Å². The van der Waals surface area contributed by atoms with Crippen LogP contribution in [0, 0.1) is 5.92 Å². The molecular weight excluding hydrogens is 342 g/mol. The van der Waals surface area contributed by atoms with Gasteiger partial charge in [-0.25, -0.2) is 13.1 Å². The van der Waals surface area contributed by atoms with Crippen LogP contribution in [-0.4, -0.2) is 41.1 Å². The Labute approximate surface area is 149 Å². The van der Waals surface area contributed by atoms with Gasteiger partial charge in [0, 0.05) is 25.1 Å². The molecule has 0 bridgehead atoms. The van der Waals surface area contributed by atoms with Gasteiger partial charge in [-0.2, -0.15) is 0 Å². The van der Waals surface area contributed by atoms with Gasteiger partial charge in [0.2, 0.25) is 15.9 Å². The van der Waals surface area contributed by atoms with E-state index in [2.05, 4.69) is 15.4 Å². The van der Waals surface area contributed by atoms with Gasteiger partial charge >= 0.3 is 0 Å². The number of benzene rings is 1. The van der Waals surface area contributed by atoms with E-state index >= 15 is 0 Å². The topological polar surface area (TPSA) is 96.5 Å². The number of nitrogens with one attached hydrogen (secondary N) is 3. The van der Waals surface area contributed by atoms with Crippen LogP contribution >= 0.6 is 0 Å². The number of sulfonamides is 1. The van der Waals surface area contributed by atoms with Crippen molar-refractivity contribution in [3.05, 3.63) is 23.8 Å². The van der Waals surface area contributed by atoms with Crippen molar-refractivity contribution in [3.8, 4) is 5.75 Å². The summed E-state index contributed by atoms with van der Waals surface area (Å²) >= 11 is 0. The SMILES string of the molecule is CCC(=O)NCc1cc(S(=O)(=O)NCCC2CCNC2)ccc1OC. The molecule has 1 atom stereocenters. The van der Waals surface area contributed by atoms with Gasteiger partial charge < -0.3 is 15.4 Å². The third kappa shape index (κ3) is 5.69. The standard InChI is InChI=1S/C17H27N3O4S/c1-3-17(21)19-12-14-10-15(4-5-16(14)24-2)25(22,23)20-9-7-13-6-8-18-11-13/h4-5,10,13,18,20H,3,6-9,11-12H2,1-2H3,(H,19,21). The average Bonchev–Trinajstić information content (AvgIpc) is 3.12. The van der Waals surface area contributed by atoms with Crippen LogP contribution in [0.25, 0.3) is 0 Å². The van der Waals surface area contributed by atoms with E-state index in [9.17, 15) is 13.2 Å². The van der Waals surface area contributed by atoms with E-state index in [1.807, 2.05) is 0 Å². The van der Waals surface area contributed by atoms with Crippen LogP contribution in [0.15, 0.2) is 23.1 Å². The van der Waals surface area contributed by atoms with Crippen LogP contribution in [0.2, 0.25) is 0 Å². The minimum Gasteiger partial charge on any atom is -0.496 e. The molecule has 7 nitrogen and oxygen atoms in total. The summed E-state index contributed by atoms with van der Waals surface area (Å²) in [6.45, 7) is 4.36. The number of methoxy groups -OCH3 is 1. The fraction of sp³-hybridized carbons (Fsp3) is 0.588. The van der Waals surface area contributed by atoms with Gasteiger partial charge in [-0.3, -0.25) is 4.79 Å². The Hall–Kier alpha value is -1.64. The van der Waals surface area contributed by atoms with Crippen LogP contribution in [0.4, 0.5) is 0 Å². The molecule has 8 heteroatoms.